The third-order valence-corrected chi connectivity index (χ3v) is 3.06. The van der Waals surface area contributed by atoms with Crippen LogP contribution in [0.25, 0.3) is 0 Å². The number of pyridine rings is 1. The van der Waals surface area contributed by atoms with Crippen molar-refractivity contribution in [2.75, 3.05) is 13.1 Å². The Morgan fingerprint density at radius 1 is 1.47 bits per heavy atom. The molecule has 1 saturated heterocycles. The maximum atomic E-state index is 12.0. The van der Waals surface area contributed by atoms with Gasteiger partial charge in [-0.1, -0.05) is 6.92 Å². The molecule has 0 aromatic carbocycles. The summed E-state index contributed by atoms with van der Waals surface area (Å²) in [6.07, 6.45) is 4.01. The van der Waals surface area contributed by atoms with Gasteiger partial charge in [0.15, 0.2) is 0 Å². The average molecular weight is 204 g/mol. The predicted molar refractivity (Wildman–Crippen MR) is 58.5 cm³/mol. The van der Waals surface area contributed by atoms with E-state index in [1.54, 1.807) is 12.4 Å². The lowest BCUT2D eigenvalue weighted by molar-refractivity contribution is -0.122. The molecule has 1 N–H and O–H groups in total. The number of carbonyl (C=O) groups is 1. The first-order valence-corrected chi connectivity index (χ1v) is 5.39. The van der Waals surface area contributed by atoms with Gasteiger partial charge in [0.05, 0.1) is 0 Å². The molecule has 2 atom stereocenters. The molecule has 1 aromatic rings. The maximum absolute atomic E-state index is 12.0. The fraction of sp³-hybridized carbons (Fsp3) is 0.500. The molecule has 0 amide bonds. The first-order chi connectivity index (χ1) is 7.27. The zero-order valence-corrected chi connectivity index (χ0v) is 8.94. The van der Waals surface area contributed by atoms with Crippen molar-refractivity contribution in [3.05, 3.63) is 30.1 Å². The van der Waals surface area contributed by atoms with Crippen LogP contribution in [0.3, 0.4) is 0 Å². The van der Waals surface area contributed by atoms with E-state index in [0.29, 0.717) is 18.1 Å². The standard InChI is InChI=1S/C12H16N2O/c1-9-7-14-8-11(9)12(15)6-10-2-4-13-5-3-10/h2-5,9,11,14H,6-8H2,1H3. The Kier molecular flexibility index (Phi) is 3.11. The quantitative estimate of drug-likeness (QED) is 0.800. The Morgan fingerprint density at radius 3 is 2.80 bits per heavy atom. The van der Waals surface area contributed by atoms with Crippen molar-refractivity contribution in [3.63, 3.8) is 0 Å². The first-order valence-electron chi connectivity index (χ1n) is 5.39. The van der Waals surface area contributed by atoms with Crippen LogP contribution in [0, 0.1) is 11.8 Å². The highest BCUT2D eigenvalue weighted by Crippen LogP contribution is 2.18. The van der Waals surface area contributed by atoms with Crippen molar-refractivity contribution in [2.45, 2.75) is 13.3 Å². The Balaban J connectivity index is 1.98. The summed E-state index contributed by atoms with van der Waals surface area (Å²) >= 11 is 0. The summed E-state index contributed by atoms with van der Waals surface area (Å²) < 4.78 is 0. The molecule has 1 aliphatic heterocycles. The number of nitrogens with zero attached hydrogens (tertiary/aromatic N) is 1. The molecule has 1 fully saturated rings. The highest BCUT2D eigenvalue weighted by Gasteiger charge is 2.28. The molecule has 0 saturated carbocycles. The number of hydrogen-bond donors (Lipinski definition) is 1. The zero-order valence-electron chi connectivity index (χ0n) is 8.94. The Morgan fingerprint density at radius 2 is 2.20 bits per heavy atom. The third-order valence-electron chi connectivity index (χ3n) is 3.06. The smallest absolute Gasteiger partial charge is 0.141 e. The van der Waals surface area contributed by atoms with Crippen molar-refractivity contribution in [1.82, 2.24) is 10.3 Å². The van der Waals surface area contributed by atoms with Crippen LogP contribution < -0.4 is 5.32 Å². The van der Waals surface area contributed by atoms with E-state index in [9.17, 15) is 4.79 Å². The first kappa shape index (κ1) is 10.3. The summed E-state index contributed by atoms with van der Waals surface area (Å²) in [5, 5.41) is 3.26. The summed E-state index contributed by atoms with van der Waals surface area (Å²) in [4.78, 5) is 15.9. The van der Waals surface area contributed by atoms with E-state index in [2.05, 4.69) is 17.2 Å². The molecule has 2 unspecified atom stereocenters. The molecular formula is C12H16N2O. The molecule has 80 valence electrons. The van der Waals surface area contributed by atoms with Gasteiger partial charge in [0, 0.05) is 31.3 Å². The van der Waals surface area contributed by atoms with Crippen LogP contribution in [-0.2, 0) is 11.2 Å². The molecule has 3 heteroatoms. The summed E-state index contributed by atoms with van der Waals surface area (Å²) in [6, 6.07) is 3.82. The average Bonchev–Trinajstić information content (AvgIpc) is 2.66. The Bertz CT molecular complexity index is 337. The van der Waals surface area contributed by atoms with Gasteiger partial charge >= 0.3 is 0 Å². The van der Waals surface area contributed by atoms with Crippen LogP contribution >= 0.6 is 0 Å². The van der Waals surface area contributed by atoms with E-state index >= 15 is 0 Å². The fourth-order valence-electron chi connectivity index (χ4n) is 2.07. The van der Waals surface area contributed by atoms with E-state index in [1.807, 2.05) is 12.1 Å². The normalized spacial score (nSPS) is 25.4. The molecular weight excluding hydrogens is 188 g/mol. The number of rotatable bonds is 3. The number of aromatic nitrogens is 1. The number of carbonyl (C=O) groups excluding carboxylic acids is 1. The topological polar surface area (TPSA) is 42.0 Å². The lowest BCUT2D eigenvalue weighted by atomic mass is 9.90. The van der Waals surface area contributed by atoms with Crippen LogP contribution in [0.4, 0.5) is 0 Å². The summed E-state index contributed by atoms with van der Waals surface area (Å²) in [6.45, 7) is 3.94. The molecule has 0 spiro atoms. The minimum Gasteiger partial charge on any atom is -0.316 e. The van der Waals surface area contributed by atoms with Gasteiger partial charge < -0.3 is 5.32 Å². The second-order valence-corrected chi connectivity index (χ2v) is 4.24. The molecule has 0 aliphatic carbocycles. The van der Waals surface area contributed by atoms with Gasteiger partial charge in [0.2, 0.25) is 0 Å². The molecule has 1 aromatic heterocycles. The van der Waals surface area contributed by atoms with Crippen LogP contribution in [0.2, 0.25) is 0 Å². The zero-order chi connectivity index (χ0) is 10.7. The van der Waals surface area contributed by atoms with E-state index < -0.39 is 0 Å². The van der Waals surface area contributed by atoms with Crippen LogP contribution in [0.15, 0.2) is 24.5 Å². The van der Waals surface area contributed by atoms with Crippen molar-refractivity contribution in [2.24, 2.45) is 11.8 Å². The number of hydrogen-bond acceptors (Lipinski definition) is 3. The van der Waals surface area contributed by atoms with Crippen molar-refractivity contribution < 1.29 is 4.79 Å². The Labute approximate surface area is 89.9 Å². The van der Waals surface area contributed by atoms with Crippen molar-refractivity contribution >= 4 is 5.78 Å². The minimum atomic E-state index is 0.193. The van der Waals surface area contributed by atoms with E-state index in [-0.39, 0.29) is 5.92 Å². The number of ketones is 1. The van der Waals surface area contributed by atoms with E-state index in [0.717, 1.165) is 18.7 Å². The predicted octanol–water partition coefficient (Wildman–Crippen LogP) is 1.05. The molecule has 0 bridgehead atoms. The highest BCUT2D eigenvalue weighted by atomic mass is 16.1. The summed E-state index contributed by atoms with van der Waals surface area (Å²) in [7, 11) is 0. The van der Waals surface area contributed by atoms with Gasteiger partial charge in [0.25, 0.3) is 0 Å². The number of nitrogens with one attached hydrogen (secondary N) is 1. The van der Waals surface area contributed by atoms with Gasteiger partial charge in [0.1, 0.15) is 5.78 Å². The highest BCUT2D eigenvalue weighted by molar-refractivity contribution is 5.84. The molecule has 3 nitrogen and oxygen atoms in total. The van der Waals surface area contributed by atoms with Gasteiger partial charge in [-0.05, 0) is 30.2 Å². The van der Waals surface area contributed by atoms with E-state index in [4.69, 9.17) is 0 Å². The van der Waals surface area contributed by atoms with Gasteiger partial charge in [-0.15, -0.1) is 0 Å². The minimum absolute atomic E-state index is 0.193. The lowest BCUT2D eigenvalue weighted by Gasteiger charge is -2.12. The largest absolute Gasteiger partial charge is 0.316 e. The van der Waals surface area contributed by atoms with Crippen LogP contribution in [0.5, 0.6) is 0 Å². The monoisotopic (exact) mass is 204 g/mol. The maximum Gasteiger partial charge on any atom is 0.141 e. The SMILES string of the molecule is CC1CNCC1C(=O)Cc1ccncc1. The second kappa shape index (κ2) is 4.53. The molecule has 0 radical (unpaired) electrons. The number of Topliss-reactive ketones (excluding diaryl/α,β-unsaturated/α-hetero) is 1. The fourth-order valence-corrected chi connectivity index (χ4v) is 2.07. The Hall–Kier alpha value is -1.22. The van der Waals surface area contributed by atoms with Crippen molar-refractivity contribution in [3.8, 4) is 0 Å². The second-order valence-electron chi connectivity index (χ2n) is 4.24. The van der Waals surface area contributed by atoms with Gasteiger partial charge in [-0.25, -0.2) is 0 Å². The summed E-state index contributed by atoms with van der Waals surface area (Å²) in [5.41, 5.74) is 1.06. The van der Waals surface area contributed by atoms with Crippen LogP contribution in [-0.4, -0.2) is 23.9 Å². The van der Waals surface area contributed by atoms with Gasteiger partial charge in [-0.2, -0.15) is 0 Å². The van der Waals surface area contributed by atoms with Crippen LogP contribution in [0.1, 0.15) is 12.5 Å². The van der Waals surface area contributed by atoms with E-state index in [1.165, 1.54) is 0 Å². The lowest BCUT2D eigenvalue weighted by Crippen LogP contribution is -2.23. The van der Waals surface area contributed by atoms with Crippen molar-refractivity contribution in [1.29, 1.82) is 0 Å². The molecule has 2 rings (SSSR count). The third kappa shape index (κ3) is 2.42. The molecule has 1 aliphatic rings. The molecule has 2 heterocycles. The van der Waals surface area contributed by atoms with Gasteiger partial charge in [-0.3, -0.25) is 9.78 Å². The molecule has 15 heavy (non-hydrogen) atoms. The summed E-state index contributed by atoms with van der Waals surface area (Å²) in [5.74, 6) is 1.01.